The Morgan fingerprint density at radius 1 is 1.08 bits per heavy atom. The van der Waals surface area contributed by atoms with Gasteiger partial charge in [0.1, 0.15) is 0 Å². The van der Waals surface area contributed by atoms with Crippen LogP contribution in [-0.4, -0.2) is 30.3 Å². The Labute approximate surface area is 153 Å². The lowest BCUT2D eigenvalue weighted by Crippen LogP contribution is -2.34. The summed E-state index contributed by atoms with van der Waals surface area (Å²) in [7, 11) is 1.84. The van der Waals surface area contributed by atoms with Crippen molar-refractivity contribution in [3.8, 4) is 0 Å². The molecule has 0 aliphatic rings. The zero-order valence-corrected chi connectivity index (χ0v) is 15.1. The lowest BCUT2D eigenvalue weighted by Gasteiger charge is -2.19. The maximum atomic E-state index is 12.1. The normalized spacial score (nSPS) is 10.6. The summed E-state index contributed by atoms with van der Waals surface area (Å²) in [6.07, 6.45) is 0. The van der Waals surface area contributed by atoms with Gasteiger partial charge >= 0.3 is 0 Å². The van der Waals surface area contributed by atoms with E-state index in [4.69, 9.17) is 11.6 Å². The van der Waals surface area contributed by atoms with Crippen LogP contribution in [0.25, 0.3) is 0 Å². The number of amides is 2. The summed E-state index contributed by atoms with van der Waals surface area (Å²) in [4.78, 5) is 25.3. The summed E-state index contributed by atoms with van der Waals surface area (Å²) in [6.45, 7) is 2.63. The Balaban J connectivity index is 1.92. The van der Waals surface area contributed by atoms with E-state index in [2.05, 4.69) is 10.6 Å². The second-order valence-corrected chi connectivity index (χ2v) is 6.29. The minimum atomic E-state index is -0.160. The summed E-state index contributed by atoms with van der Waals surface area (Å²) >= 11 is 6.26. The maximum Gasteiger partial charge on any atom is 0.234 e. The first-order chi connectivity index (χ1) is 12.0. The van der Waals surface area contributed by atoms with Crippen LogP contribution >= 0.6 is 11.6 Å². The standard InChI is InChI=1S/C19H22ClN3O2/c1-14(24)22-18-10-6-9-17(20)16(18)12-23(2)13-19(25)21-11-15-7-4-3-5-8-15/h3-10H,11-13H2,1-2H3,(H,21,25)(H,22,24). The van der Waals surface area contributed by atoms with Crippen LogP contribution in [0.2, 0.25) is 5.02 Å². The molecule has 0 aromatic heterocycles. The van der Waals surface area contributed by atoms with Crippen molar-refractivity contribution in [3.63, 3.8) is 0 Å². The monoisotopic (exact) mass is 359 g/mol. The van der Waals surface area contributed by atoms with Gasteiger partial charge in [-0.25, -0.2) is 0 Å². The van der Waals surface area contributed by atoms with Gasteiger partial charge in [-0.2, -0.15) is 0 Å². The van der Waals surface area contributed by atoms with Gasteiger partial charge in [-0.3, -0.25) is 14.5 Å². The van der Waals surface area contributed by atoms with Crippen molar-refractivity contribution in [1.29, 1.82) is 0 Å². The van der Waals surface area contributed by atoms with E-state index < -0.39 is 0 Å². The molecule has 0 radical (unpaired) electrons. The highest BCUT2D eigenvalue weighted by atomic mass is 35.5. The molecule has 0 aliphatic heterocycles. The van der Waals surface area contributed by atoms with Gasteiger partial charge in [0.25, 0.3) is 0 Å². The predicted molar refractivity (Wildman–Crippen MR) is 100 cm³/mol. The van der Waals surface area contributed by atoms with Gasteiger partial charge in [0.2, 0.25) is 11.8 Å². The molecular formula is C19H22ClN3O2. The molecule has 132 valence electrons. The van der Waals surface area contributed by atoms with E-state index in [-0.39, 0.29) is 18.4 Å². The number of nitrogens with one attached hydrogen (secondary N) is 2. The second-order valence-electron chi connectivity index (χ2n) is 5.88. The zero-order valence-electron chi connectivity index (χ0n) is 14.4. The molecule has 0 heterocycles. The van der Waals surface area contributed by atoms with Crippen LogP contribution in [0.1, 0.15) is 18.1 Å². The lowest BCUT2D eigenvalue weighted by atomic mass is 10.1. The first-order valence-electron chi connectivity index (χ1n) is 8.00. The number of nitrogens with zero attached hydrogens (tertiary/aromatic N) is 1. The van der Waals surface area contributed by atoms with Crippen LogP contribution < -0.4 is 10.6 Å². The quantitative estimate of drug-likeness (QED) is 0.798. The molecule has 0 aliphatic carbocycles. The Bertz CT molecular complexity index is 735. The van der Waals surface area contributed by atoms with Crippen molar-refractivity contribution < 1.29 is 9.59 Å². The van der Waals surface area contributed by atoms with Crippen molar-refractivity contribution in [2.24, 2.45) is 0 Å². The highest BCUT2D eigenvalue weighted by Gasteiger charge is 2.13. The fourth-order valence-electron chi connectivity index (χ4n) is 2.45. The number of benzene rings is 2. The van der Waals surface area contributed by atoms with E-state index in [1.165, 1.54) is 6.92 Å². The van der Waals surface area contributed by atoms with Gasteiger partial charge in [-0.1, -0.05) is 48.0 Å². The smallest absolute Gasteiger partial charge is 0.234 e. The van der Waals surface area contributed by atoms with Gasteiger partial charge in [0.15, 0.2) is 0 Å². The molecule has 0 saturated heterocycles. The van der Waals surface area contributed by atoms with Crippen LogP contribution in [0.4, 0.5) is 5.69 Å². The summed E-state index contributed by atoms with van der Waals surface area (Å²) in [5.41, 5.74) is 2.51. The first kappa shape index (κ1) is 19.0. The van der Waals surface area contributed by atoms with Gasteiger partial charge in [-0.05, 0) is 24.7 Å². The van der Waals surface area contributed by atoms with Gasteiger partial charge < -0.3 is 10.6 Å². The maximum absolute atomic E-state index is 12.1. The van der Waals surface area contributed by atoms with E-state index in [1.54, 1.807) is 18.2 Å². The SMILES string of the molecule is CC(=O)Nc1cccc(Cl)c1CN(C)CC(=O)NCc1ccccc1. The van der Waals surface area contributed by atoms with Crippen LogP contribution in [-0.2, 0) is 22.7 Å². The number of halogens is 1. The van der Waals surface area contributed by atoms with E-state index in [1.807, 2.05) is 42.3 Å². The predicted octanol–water partition coefficient (Wildman–Crippen LogP) is 3.05. The number of carbonyl (C=O) groups excluding carboxylic acids is 2. The third-order valence-corrected chi connectivity index (χ3v) is 3.96. The van der Waals surface area contributed by atoms with E-state index in [9.17, 15) is 9.59 Å². The lowest BCUT2D eigenvalue weighted by molar-refractivity contribution is -0.122. The Morgan fingerprint density at radius 2 is 1.80 bits per heavy atom. The third kappa shape index (κ3) is 6.21. The molecule has 0 bridgehead atoms. The number of hydrogen-bond acceptors (Lipinski definition) is 3. The molecule has 0 saturated carbocycles. The fraction of sp³-hybridized carbons (Fsp3) is 0.263. The average molecular weight is 360 g/mol. The molecule has 6 heteroatoms. The van der Waals surface area contributed by atoms with Crippen molar-refractivity contribution in [3.05, 3.63) is 64.7 Å². The number of anilines is 1. The van der Waals surface area contributed by atoms with Gasteiger partial charge in [-0.15, -0.1) is 0 Å². The minimum absolute atomic E-state index is 0.0699. The molecule has 2 N–H and O–H groups in total. The summed E-state index contributed by atoms with van der Waals surface area (Å²) in [6, 6.07) is 15.1. The molecule has 0 spiro atoms. The molecule has 2 rings (SSSR count). The zero-order chi connectivity index (χ0) is 18.2. The van der Waals surface area contributed by atoms with Crippen molar-refractivity contribution in [1.82, 2.24) is 10.2 Å². The molecule has 0 unspecified atom stereocenters. The van der Waals surface area contributed by atoms with Crippen LogP contribution in [0, 0.1) is 0 Å². The molecule has 0 atom stereocenters. The highest BCUT2D eigenvalue weighted by Crippen LogP contribution is 2.25. The van der Waals surface area contributed by atoms with Crippen molar-refractivity contribution >= 4 is 29.1 Å². The van der Waals surface area contributed by atoms with Crippen molar-refractivity contribution in [2.45, 2.75) is 20.0 Å². The van der Waals surface area contributed by atoms with Gasteiger partial charge in [0.05, 0.1) is 6.54 Å². The Kier molecular flexibility index (Phi) is 6.98. The Morgan fingerprint density at radius 3 is 2.48 bits per heavy atom. The van der Waals surface area contributed by atoms with Crippen LogP contribution in [0.3, 0.4) is 0 Å². The van der Waals surface area contributed by atoms with E-state index in [0.717, 1.165) is 11.1 Å². The first-order valence-corrected chi connectivity index (χ1v) is 8.37. The number of rotatable bonds is 7. The van der Waals surface area contributed by atoms with Crippen LogP contribution in [0.15, 0.2) is 48.5 Å². The molecule has 2 aromatic rings. The molecule has 5 nitrogen and oxygen atoms in total. The summed E-state index contributed by atoms with van der Waals surface area (Å²) < 4.78 is 0. The number of carbonyl (C=O) groups is 2. The topological polar surface area (TPSA) is 61.4 Å². The highest BCUT2D eigenvalue weighted by molar-refractivity contribution is 6.31. The second kappa shape index (κ2) is 9.20. The average Bonchev–Trinajstić information content (AvgIpc) is 2.56. The number of hydrogen-bond donors (Lipinski definition) is 2. The molecular weight excluding hydrogens is 338 g/mol. The summed E-state index contributed by atoms with van der Waals surface area (Å²) in [5.74, 6) is -0.230. The molecule has 0 fully saturated rings. The summed E-state index contributed by atoms with van der Waals surface area (Å²) in [5, 5.41) is 6.22. The molecule has 2 amide bonds. The Hall–Kier alpha value is -2.37. The third-order valence-electron chi connectivity index (χ3n) is 3.60. The van der Waals surface area contributed by atoms with Crippen LogP contribution in [0.5, 0.6) is 0 Å². The van der Waals surface area contributed by atoms with Gasteiger partial charge in [0, 0.05) is 36.3 Å². The fourth-order valence-corrected chi connectivity index (χ4v) is 2.68. The molecule has 25 heavy (non-hydrogen) atoms. The van der Waals surface area contributed by atoms with E-state index >= 15 is 0 Å². The molecule has 2 aromatic carbocycles. The minimum Gasteiger partial charge on any atom is -0.351 e. The number of likely N-dealkylation sites (N-methyl/N-ethyl adjacent to an activating group) is 1. The van der Waals surface area contributed by atoms with Crippen molar-refractivity contribution in [2.75, 3.05) is 18.9 Å². The van der Waals surface area contributed by atoms with E-state index in [0.29, 0.717) is 23.8 Å². The largest absolute Gasteiger partial charge is 0.351 e.